The molecule has 0 fully saturated rings. The Hall–Kier alpha value is -5.16. The topological polar surface area (TPSA) is 117 Å². The number of carbonyl (C=O) groups is 2. The molecule has 1 aliphatic rings. The van der Waals surface area contributed by atoms with Crippen LogP contribution in [0.25, 0.3) is 6.08 Å². The van der Waals surface area contributed by atoms with Crippen molar-refractivity contribution >= 4 is 35.0 Å². The van der Waals surface area contributed by atoms with Crippen LogP contribution < -0.4 is 34.4 Å². The highest BCUT2D eigenvalue weighted by Crippen LogP contribution is 2.32. The number of thiazole rings is 1. The molecule has 1 aliphatic heterocycles. The molecule has 4 aromatic rings. The first kappa shape index (κ1) is 30.3. The summed E-state index contributed by atoms with van der Waals surface area (Å²) >= 11 is 1.23. The lowest BCUT2D eigenvalue weighted by atomic mass is 9.95. The quantitative estimate of drug-likeness (QED) is 0.270. The van der Waals surface area contributed by atoms with Gasteiger partial charge in [-0.25, -0.2) is 9.79 Å². The van der Waals surface area contributed by atoms with Crippen LogP contribution in [0.3, 0.4) is 0 Å². The van der Waals surface area contributed by atoms with Crippen molar-refractivity contribution in [3.8, 4) is 17.2 Å². The van der Waals surface area contributed by atoms with E-state index in [1.54, 1.807) is 74.1 Å². The van der Waals surface area contributed by atoms with Crippen LogP contribution in [0.5, 0.6) is 17.2 Å². The smallest absolute Gasteiger partial charge is 0.344 e. The van der Waals surface area contributed by atoms with Gasteiger partial charge in [0.05, 0.1) is 42.7 Å². The average Bonchev–Trinajstić information content (AvgIpc) is 3.33. The van der Waals surface area contributed by atoms with Gasteiger partial charge in [0.15, 0.2) is 22.9 Å². The van der Waals surface area contributed by atoms with Crippen LogP contribution in [0.15, 0.2) is 93.9 Å². The largest absolute Gasteiger partial charge is 0.497 e. The molecule has 0 unspecified atom stereocenters. The third kappa shape index (κ3) is 6.42. The lowest BCUT2D eigenvalue weighted by Gasteiger charge is -2.25. The van der Waals surface area contributed by atoms with E-state index in [1.165, 1.54) is 18.4 Å². The van der Waals surface area contributed by atoms with Crippen molar-refractivity contribution in [3.05, 3.63) is 115 Å². The Morgan fingerprint density at radius 2 is 1.75 bits per heavy atom. The van der Waals surface area contributed by atoms with Gasteiger partial charge in [0.2, 0.25) is 0 Å². The third-order valence-electron chi connectivity index (χ3n) is 6.87. The van der Waals surface area contributed by atoms with E-state index in [4.69, 9.17) is 23.9 Å². The number of anilines is 1. The second kappa shape index (κ2) is 13.4. The Morgan fingerprint density at radius 1 is 1.00 bits per heavy atom. The van der Waals surface area contributed by atoms with Gasteiger partial charge in [0, 0.05) is 5.69 Å². The van der Waals surface area contributed by atoms with Crippen molar-refractivity contribution in [2.24, 2.45) is 4.99 Å². The molecule has 0 radical (unpaired) electrons. The van der Waals surface area contributed by atoms with Gasteiger partial charge in [-0.05, 0) is 67.4 Å². The number of allylic oxidation sites excluding steroid dienone is 1. The van der Waals surface area contributed by atoms with Gasteiger partial charge in [-0.3, -0.25) is 14.2 Å². The first-order valence-electron chi connectivity index (χ1n) is 13.8. The maximum absolute atomic E-state index is 14.0. The number of carbonyl (C=O) groups excluding carboxylic acids is 2. The van der Waals surface area contributed by atoms with E-state index in [2.05, 4.69) is 5.32 Å². The molecule has 0 bridgehead atoms. The molecule has 1 N–H and O–H groups in total. The zero-order valence-electron chi connectivity index (χ0n) is 24.7. The van der Waals surface area contributed by atoms with Crippen LogP contribution >= 0.6 is 11.3 Å². The van der Waals surface area contributed by atoms with Crippen molar-refractivity contribution in [2.45, 2.75) is 19.9 Å². The Bertz CT molecular complexity index is 1890. The Labute approximate surface area is 257 Å². The van der Waals surface area contributed by atoms with Crippen LogP contribution in [-0.2, 0) is 14.3 Å². The standard InChI is InChI=1S/C33H31N3O7S/c1-5-42-28(37)19-43-25-16-11-21(17-26(25)41-4)18-27-32(39)36-30(22-12-14-24(40-3)15-13-22)29(20(2)34-33(36)44-27)31(38)35-23-9-7-6-8-10-23/h6-18,30H,5,19H2,1-4H3,(H,35,38)/b27-18+/t30-/m0/s1. The van der Waals surface area contributed by atoms with Crippen molar-refractivity contribution in [1.29, 1.82) is 0 Å². The van der Waals surface area contributed by atoms with E-state index in [1.807, 2.05) is 30.3 Å². The molecule has 11 heteroatoms. The molecule has 0 aliphatic carbocycles. The summed E-state index contributed by atoms with van der Waals surface area (Å²) in [4.78, 5) is 44.6. The number of fused-ring (bicyclic) bond motifs is 1. The fraction of sp³-hybridized carbons (Fsp3) is 0.212. The van der Waals surface area contributed by atoms with E-state index in [0.29, 0.717) is 49.1 Å². The summed E-state index contributed by atoms with van der Waals surface area (Å²) in [6.45, 7) is 3.49. The summed E-state index contributed by atoms with van der Waals surface area (Å²) in [5.74, 6) is 0.570. The van der Waals surface area contributed by atoms with Crippen LogP contribution in [0.4, 0.5) is 5.69 Å². The number of nitrogens with one attached hydrogen (secondary N) is 1. The number of aromatic nitrogens is 1. The van der Waals surface area contributed by atoms with Gasteiger partial charge < -0.3 is 24.3 Å². The first-order valence-corrected chi connectivity index (χ1v) is 14.6. The van der Waals surface area contributed by atoms with Crippen molar-refractivity contribution in [3.63, 3.8) is 0 Å². The maximum Gasteiger partial charge on any atom is 0.344 e. The molecule has 1 atom stereocenters. The molecule has 0 saturated heterocycles. The van der Waals surface area contributed by atoms with Crippen molar-refractivity contribution < 1.29 is 28.5 Å². The van der Waals surface area contributed by atoms with E-state index in [-0.39, 0.29) is 24.7 Å². The molecule has 2 heterocycles. The Balaban J connectivity index is 1.56. The highest BCUT2D eigenvalue weighted by Gasteiger charge is 2.32. The first-order chi connectivity index (χ1) is 21.3. The molecule has 1 aromatic heterocycles. The summed E-state index contributed by atoms with van der Waals surface area (Å²) in [5.41, 5.74) is 2.62. The van der Waals surface area contributed by atoms with Crippen LogP contribution in [-0.4, -0.2) is 43.9 Å². The summed E-state index contributed by atoms with van der Waals surface area (Å²) in [7, 11) is 3.07. The van der Waals surface area contributed by atoms with Gasteiger partial charge in [-0.15, -0.1) is 0 Å². The van der Waals surface area contributed by atoms with E-state index < -0.39 is 12.0 Å². The van der Waals surface area contributed by atoms with Gasteiger partial charge in [-0.2, -0.15) is 0 Å². The summed E-state index contributed by atoms with van der Waals surface area (Å²) in [6.07, 6.45) is 1.73. The molecule has 44 heavy (non-hydrogen) atoms. The minimum atomic E-state index is -0.726. The molecule has 10 nitrogen and oxygen atoms in total. The monoisotopic (exact) mass is 613 g/mol. The minimum absolute atomic E-state index is 0.257. The Morgan fingerprint density at radius 3 is 2.43 bits per heavy atom. The summed E-state index contributed by atoms with van der Waals surface area (Å²) in [5, 5.41) is 2.95. The second-order valence-corrected chi connectivity index (χ2v) is 10.7. The number of ether oxygens (including phenoxy) is 4. The van der Waals surface area contributed by atoms with Gasteiger partial charge in [-0.1, -0.05) is 47.7 Å². The van der Waals surface area contributed by atoms with E-state index >= 15 is 0 Å². The number of methoxy groups -OCH3 is 2. The molecular formula is C33H31N3O7S. The second-order valence-electron chi connectivity index (χ2n) is 9.68. The van der Waals surface area contributed by atoms with Crippen LogP contribution in [0.2, 0.25) is 0 Å². The van der Waals surface area contributed by atoms with Gasteiger partial charge in [0.1, 0.15) is 5.75 Å². The molecule has 226 valence electrons. The number of amides is 1. The third-order valence-corrected chi connectivity index (χ3v) is 7.85. The molecule has 3 aromatic carbocycles. The van der Waals surface area contributed by atoms with Gasteiger partial charge >= 0.3 is 5.97 Å². The van der Waals surface area contributed by atoms with Crippen molar-refractivity contribution in [1.82, 2.24) is 4.57 Å². The summed E-state index contributed by atoms with van der Waals surface area (Å²) in [6, 6.07) is 20.8. The molecule has 5 rings (SSSR count). The molecule has 0 spiro atoms. The summed E-state index contributed by atoms with van der Waals surface area (Å²) < 4.78 is 23.3. The fourth-order valence-electron chi connectivity index (χ4n) is 4.82. The van der Waals surface area contributed by atoms with Crippen LogP contribution in [0, 0.1) is 0 Å². The Kier molecular flexibility index (Phi) is 9.25. The minimum Gasteiger partial charge on any atom is -0.497 e. The lowest BCUT2D eigenvalue weighted by Crippen LogP contribution is -2.40. The van der Waals surface area contributed by atoms with E-state index in [0.717, 1.165) is 5.56 Å². The number of benzene rings is 3. The molecule has 0 saturated carbocycles. The molecular weight excluding hydrogens is 582 g/mol. The van der Waals surface area contributed by atoms with Crippen molar-refractivity contribution in [2.75, 3.05) is 32.8 Å². The predicted molar refractivity (Wildman–Crippen MR) is 167 cm³/mol. The average molecular weight is 614 g/mol. The zero-order chi connectivity index (χ0) is 31.2. The number of para-hydroxylation sites is 1. The van der Waals surface area contributed by atoms with Crippen LogP contribution in [0.1, 0.15) is 31.0 Å². The van der Waals surface area contributed by atoms with Gasteiger partial charge in [0.25, 0.3) is 11.5 Å². The molecule has 1 amide bonds. The normalized spacial score (nSPS) is 14.4. The predicted octanol–water partition coefficient (Wildman–Crippen LogP) is 3.83. The zero-order valence-corrected chi connectivity index (χ0v) is 25.5. The highest BCUT2D eigenvalue weighted by atomic mass is 32.1. The number of nitrogens with zero attached hydrogens (tertiary/aromatic N) is 2. The number of rotatable bonds is 10. The van der Waals surface area contributed by atoms with E-state index in [9.17, 15) is 14.4 Å². The highest BCUT2D eigenvalue weighted by molar-refractivity contribution is 7.07. The maximum atomic E-state index is 14.0. The fourth-order valence-corrected chi connectivity index (χ4v) is 5.86. The number of hydrogen-bond donors (Lipinski definition) is 1. The number of hydrogen-bond acceptors (Lipinski definition) is 9. The number of esters is 1. The lowest BCUT2D eigenvalue weighted by molar-refractivity contribution is -0.145. The SMILES string of the molecule is CCOC(=O)COc1ccc(/C=c2/sc3n(c2=O)[C@@H](c2ccc(OC)cc2)C(C(=O)Nc2ccccc2)=C(C)N=3)cc1OC.